The first kappa shape index (κ1) is 20.0. The number of fused-ring (bicyclic) bond motifs is 1. The lowest BCUT2D eigenvalue weighted by molar-refractivity contribution is -0.133. The Labute approximate surface area is 176 Å². The summed E-state index contributed by atoms with van der Waals surface area (Å²) in [4.78, 5) is 27.7. The van der Waals surface area contributed by atoms with Crippen molar-refractivity contribution >= 4 is 28.3 Å². The van der Waals surface area contributed by atoms with Crippen molar-refractivity contribution in [3.05, 3.63) is 72.3 Å². The second-order valence-corrected chi connectivity index (χ2v) is 7.68. The predicted octanol–water partition coefficient (Wildman–Crippen LogP) is 4.27. The first-order valence-corrected chi connectivity index (χ1v) is 10.3. The summed E-state index contributed by atoms with van der Waals surface area (Å²) in [6.45, 7) is 1.15. The molecule has 0 aliphatic carbocycles. The van der Waals surface area contributed by atoms with E-state index in [2.05, 4.69) is 23.5 Å². The molecule has 0 bridgehead atoms. The minimum absolute atomic E-state index is 0.0674. The third-order valence-electron chi connectivity index (χ3n) is 5.73. The van der Waals surface area contributed by atoms with Gasteiger partial charge in [0.1, 0.15) is 5.75 Å². The maximum Gasteiger partial charge on any atom is 0.229 e. The van der Waals surface area contributed by atoms with Crippen molar-refractivity contribution in [3.8, 4) is 5.75 Å². The van der Waals surface area contributed by atoms with Gasteiger partial charge in [0.15, 0.2) is 0 Å². The Morgan fingerprint density at radius 2 is 1.80 bits per heavy atom. The van der Waals surface area contributed by atoms with Crippen LogP contribution in [0.1, 0.15) is 18.4 Å². The van der Waals surface area contributed by atoms with Crippen molar-refractivity contribution < 1.29 is 14.3 Å². The summed E-state index contributed by atoms with van der Waals surface area (Å²) in [5, 5.41) is 5.20. The number of likely N-dealkylation sites (tertiary alicyclic amines) is 1. The molecule has 1 fully saturated rings. The molecule has 1 heterocycles. The quantitative estimate of drug-likeness (QED) is 0.693. The number of carbonyl (C=O) groups is 2. The highest BCUT2D eigenvalue weighted by molar-refractivity contribution is 5.95. The van der Waals surface area contributed by atoms with Crippen molar-refractivity contribution in [2.75, 3.05) is 25.5 Å². The number of piperidine rings is 1. The fraction of sp³-hybridized carbons (Fsp3) is 0.280. The van der Waals surface area contributed by atoms with E-state index in [9.17, 15) is 9.59 Å². The van der Waals surface area contributed by atoms with Gasteiger partial charge in [-0.05, 0) is 41.3 Å². The first-order chi connectivity index (χ1) is 14.7. The number of ether oxygens (including phenoxy) is 1. The minimum Gasteiger partial charge on any atom is -0.495 e. The molecule has 1 saturated heterocycles. The van der Waals surface area contributed by atoms with Crippen LogP contribution in [0.25, 0.3) is 10.8 Å². The normalized spacial score (nSPS) is 16.3. The van der Waals surface area contributed by atoms with E-state index in [0.717, 1.165) is 29.2 Å². The van der Waals surface area contributed by atoms with Crippen molar-refractivity contribution in [2.45, 2.75) is 19.3 Å². The molecule has 0 unspecified atom stereocenters. The average molecular weight is 402 g/mol. The fourth-order valence-corrected chi connectivity index (χ4v) is 4.12. The van der Waals surface area contributed by atoms with Gasteiger partial charge in [-0.3, -0.25) is 9.59 Å². The lowest BCUT2D eigenvalue weighted by Crippen LogP contribution is -2.44. The molecule has 5 heteroatoms. The van der Waals surface area contributed by atoms with Gasteiger partial charge in [0, 0.05) is 13.1 Å². The van der Waals surface area contributed by atoms with Gasteiger partial charge in [0.2, 0.25) is 11.8 Å². The van der Waals surface area contributed by atoms with Gasteiger partial charge in [-0.1, -0.05) is 54.6 Å². The maximum absolute atomic E-state index is 13.0. The molecule has 5 nitrogen and oxygen atoms in total. The van der Waals surface area contributed by atoms with Gasteiger partial charge in [0.05, 0.1) is 25.1 Å². The van der Waals surface area contributed by atoms with Crippen LogP contribution >= 0.6 is 0 Å². The van der Waals surface area contributed by atoms with Crippen LogP contribution in [0.3, 0.4) is 0 Å². The van der Waals surface area contributed by atoms with Crippen LogP contribution in [0.2, 0.25) is 0 Å². The molecule has 0 radical (unpaired) electrons. The molecule has 0 saturated carbocycles. The third kappa shape index (κ3) is 4.30. The Bertz CT molecular complexity index is 1060. The molecule has 30 heavy (non-hydrogen) atoms. The Morgan fingerprint density at radius 3 is 2.67 bits per heavy atom. The van der Waals surface area contributed by atoms with Crippen LogP contribution in [-0.4, -0.2) is 36.9 Å². The number of hydrogen-bond donors (Lipinski definition) is 1. The van der Waals surface area contributed by atoms with E-state index in [1.54, 1.807) is 7.11 Å². The number of nitrogens with zero attached hydrogens (tertiary/aromatic N) is 1. The summed E-state index contributed by atoms with van der Waals surface area (Å²) in [5.41, 5.74) is 1.68. The summed E-state index contributed by atoms with van der Waals surface area (Å²) in [6, 6.07) is 21.5. The lowest BCUT2D eigenvalue weighted by atomic mass is 9.95. The first-order valence-electron chi connectivity index (χ1n) is 10.3. The molecule has 0 aromatic heterocycles. The smallest absolute Gasteiger partial charge is 0.229 e. The number of hydrogen-bond acceptors (Lipinski definition) is 3. The minimum atomic E-state index is -0.222. The van der Waals surface area contributed by atoms with E-state index in [0.29, 0.717) is 30.9 Å². The zero-order valence-electron chi connectivity index (χ0n) is 17.1. The number of nitrogens with one attached hydrogen (secondary N) is 1. The molecular weight excluding hydrogens is 376 g/mol. The summed E-state index contributed by atoms with van der Waals surface area (Å²) in [5.74, 6) is 0.411. The van der Waals surface area contributed by atoms with E-state index in [-0.39, 0.29) is 17.7 Å². The topological polar surface area (TPSA) is 58.6 Å². The summed E-state index contributed by atoms with van der Waals surface area (Å²) < 4.78 is 5.32. The molecule has 3 aromatic carbocycles. The van der Waals surface area contributed by atoms with Gasteiger partial charge < -0.3 is 15.0 Å². The molecule has 2 amide bonds. The number of carbonyl (C=O) groups excluding carboxylic acids is 2. The number of amides is 2. The van der Waals surface area contributed by atoms with Crippen molar-refractivity contribution in [1.29, 1.82) is 0 Å². The molecular formula is C25H26N2O3. The fourth-order valence-electron chi connectivity index (χ4n) is 4.12. The number of anilines is 1. The van der Waals surface area contributed by atoms with E-state index < -0.39 is 0 Å². The molecule has 4 rings (SSSR count). The Balaban J connectivity index is 1.43. The lowest BCUT2D eigenvalue weighted by Gasteiger charge is -2.32. The van der Waals surface area contributed by atoms with Crippen LogP contribution in [-0.2, 0) is 16.0 Å². The number of rotatable bonds is 5. The third-order valence-corrected chi connectivity index (χ3v) is 5.73. The van der Waals surface area contributed by atoms with Crippen molar-refractivity contribution in [3.63, 3.8) is 0 Å². The van der Waals surface area contributed by atoms with Gasteiger partial charge in [0.25, 0.3) is 0 Å². The van der Waals surface area contributed by atoms with E-state index in [4.69, 9.17) is 4.74 Å². The van der Waals surface area contributed by atoms with Gasteiger partial charge in [-0.15, -0.1) is 0 Å². The monoisotopic (exact) mass is 402 g/mol. The standard InChI is InChI=1S/C25H26N2O3/c1-30-23-14-5-4-13-22(23)26-25(29)20-11-7-15-27(17-20)24(28)16-19-10-6-9-18-8-2-3-12-21(18)19/h2-6,8-10,12-14,20H,7,11,15-17H2,1H3,(H,26,29)/t20-/m1/s1. The van der Waals surface area contributed by atoms with E-state index >= 15 is 0 Å². The predicted molar refractivity (Wildman–Crippen MR) is 119 cm³/mol. The van der Waals surface area contributed by atoms with E-state index in [1.807, 2.05) is 53.4 Å². The van der Waals surface area contributed by atoms with Crippen LogP contribution in [0, 0.1) is 5.92 Å². The van der Waals surface area contributed by atoms with Crippen LogP contribution < -0.4 is 10.1 Å². The number of methoxy groups -OCH3 is 1. The average Bonchev–Trinajstić information content (AvgIpc) is 2.79. The molecule has 1 aliphatic heterocycles. The maximum atomic E-state index is 13.0. The summed E-state index contributed by atoms with van der Waals surface area (Å²) in [7, 11) is 1.58. The van der Waals surface area contributed by atoms with Gasteiger partial charge in [-0.25, -0.2) is 0 Å². The molecule has 0 spiro atoms. The second kappa shape index (κ2) is 8.99. The van der Waals surface area contributed by atoms with Crippen molar-refractivity contribution in [2.24, 2.45) is 5.92 Å². The van der Waals surface area contributed by atoms with Crippen LogP contribution in [0.5, 0.6) is 5.75 Å². The van der Waals surface area contributed by atoms with Gasteiger partial charge in [-0.2, -0.15) is 0 Å². The Hall–Kier alpha value is -3.34. The molecule has 1 aliphatic rings. The largest absolute Gasteiger partial charge is 0.495 e. The number of benzene rings is 3. The SMILES string of the molecule is COc1ccccc1NC(=O)[C@@H]1CCCN(C(=O)Cc2cccc3ccccc23)C1. The zero-order chi connectivity index (χ0) is 20.9. The van der Waals surface area contributed by atoms with Crippen LogP contribution in [0.4, 0.5) is 5.69 Å². The Morgan fingerprint density at radius 1 is 1.03 bits per heavy atom. The van der Waals surface area contributed by atoms with Crippen LogP contribution in [0.15, 0.2) is 66.7 Å². The van der Waals surface area contributed by atoms with Crippen molar-refractivity contribution in [1.82, 2.24) is 4.90 Å². The molecule has 154 valence electrons. The van der Waals surface area contributed by atoms with Gasteiger partial charge >= 0.3 is 0 Å². The highest BCUT2D eigenvalue weighted by atomic mass is 16.5. The second-order valence-electron chi connectivity index (χ2n) is 7.68. The Kier molecular flexibility index (Phi) is 5.98. The highest BCUT2D eigenvalue weighted by Crippen LogP contribution is 2.26. The number of para-hydroxylation sites is 2. The summed E-state index contributed by atoms with van der Waals surface area (Å²) >= 11 is 0. The highest BCUT2D eigenvalue weighted by Gasteiger charge is 2.29. The zero-order valence-corrected chi connectivity index (χ0v) is 17.1. The molecule has 1 atom stereocenters. The van der Waals surface area contributed by atoms with E-state index in [1.165, 1.54) is 0 Å². The summed E-state index contributed by atoms with van der Waals surface area (Å²) in [6.07, 6.45) is 1.95. The molecule has 3 aromatic rings. The molecule has 1 N–H and O–H groups in total.